The standard InChI is InChI=1S/C30H36ClF3N6O4S/c1-28(2)18-20(19-35-28)6-3-4-7-21-8-5-9-25(36-21)45(42,43)39-27(41)22-10-11-23(37-26(22)31)40-16-12-24(38-40)44-17-15-29(13-14-29)30(32,33)34/h5,8-12,16,20,35H,3-4,6-7,13-15,17-19H2,1-2H3,(H,39,41). The van der Waals surface area contributed by atoms with Gasteiger partial charge in [-0.3, -0.25) is 4.79 Å². The lowest BCUT2D eigenvalue weighted by molar-refractivity contribution is -0.190. The second-order valence-corrected chi connectivity index (χ2v) is 14.5. The summed E-state index contributed by atoms with van der Waals surface area (Å²) in [5.74, 6) is -0.0626. The van der Waals surface area contributed by atoms with Gasteiger partial charge in [0, 0.05) is 23.5 Å². The van der Waals surface area contributed by atoms with Crippen LogP contribution in [0.25, 0.3) is 5.82 Å². The van der Waals surface area contributed by atoms with Gasteiger partial charge in [0.15, 0.2) is 10.8 Å². The fraction of sp³-hybridized carbons (Fsp3) is 0.533. The Morgan fingerprint density at radius 3 is 2.60 bits per heavy atom. The number of rotatable bonds is 13. The summed E-state index contributed by atoms with van der Waals surface area (Å²) in [6, 6.07) is 8.83. The van der Waals surface area contributed by atoms with Crippen molar-refractivity contribution in [2.24, 2.45) is 11.3 Å². The zero-order valence-corrected chi connectivity index (χ0v) is 26.6. The number of nitrogens with one attached hydrogen (secondary N) is 2. The van der Waals surface area contributed by atoms with E-state index in [0.717, 1.165) is 32.2 Å². The number of aryl methyl sites for hydroxylation is 1. The average Bonchev–Trinajstić information content (AvgIpc) is 3.49. The van der Waals surface area contributed by atoms with Crippen molar-refractivity contribution in [3.8, 4) is 11.7 Å². The first-order valence-corrected chi connectivity index (χ1v) is 16.7. The zero-order valence-electron chi connectivity index (χ0n) is 25.0. The fourth-order valence-corrected chi connectivity index (χ4v) is 6.81. The molecule has 2 fully saturated rings. The number of sulfonamides is 1. The fourth-order valence-electron chi connectivity index (χ4n) is 5.62. The van der Waals surface area contributed by atoms with Crippen molar-refractivity contribution in [3.63, 3.8) is 0 Å². The Kier molecular flexibility index (Phi) is 9.48. The third-order valence-electron chi connectivity index (χ3n) is 8.41. The van der Waals surface area contributed by atoms with Crippen LogP contribution in [0.3, 0.4) is 0 Å². The van der Waals surface area contributed by atoms with Crippen LogP contribution in [0.4, 0.5) is 13.2 Å². The minimum absolute atomic E-state index is 0.0957. The summed E-state index contributed by atoms with van der Waals surface area (Å²) < 4.78 is 74.0. The Morgan fingerprint density at radius 1 is 1.16 bits per heavy atom. The summed E-state index contributed by atoms with van der Waals surface area (Å²) in [5, 5.41) is 7.12. The minimum Gasteiger partial charge on any atom is -0.477 e. The first kappa shape index (κ1) is 33.1. The predicted octanol–water partition coefficient (Wildman–Crippen LogP) is 5.65. The van der Waals surface area contributed by atoms with Crippen molar-refractivity contribution < 1.29 is 31.1 Å². The van der Waals surface area contributed by atoms with Crippen LogP contribution in [0.2, 0.25) is 5.15 Å². The number of carbonyl (C=O) groups is 1. The number of ether oxygens (including phenoxy) is 1. The van der Waals surface area contributed by atoms with Crippen LogP contribution in [0, 0.1) is 11.3 Å². The molecular weight excluding hydrogens is 633 g/mol. The van der Waals surface area contributed by atoms with Crippen LogP contribution in [0.15, 0.2) is 47.6 Å². The third kappa shape index (κ3) is 8.14. The highest BCUT2D eigenvalue weighted by atomic mass is 35.5. The van der Waals surface area contributed by atoms with Crippen LogP contribution in [-0.4, -0.2) is 58.9 Å². The number of alkyl halides is 3. The molecule has 4 heterocycles. The van der Waals surface area contributed by atoms with Gasteiger partial charge in [-0.05, 0) is 95.5 Å². The van der Waals surface area contributed by atoms with Gasteiger partial charge in [0.1, 0.15) is 5.15 Å². The van der Waals surface area contributed by atoms with Crippen molar-refractivity contribution in [1.29, 1.82) is 0 Å². The van der Waals surface area contributed by atoms with Crippen molar-refractivity contribution in [2.45, 2.75) is 82.0 Å². The van der Waals surface area contributed by atoms with E-state index in [1.54, 1.807) is 12.1 Å². The van der Waals surface area contributed by atoms with E-state index in [-0.39, 0.29) is 58.8 Å². The molecule has 1 amide bonds. The molecule has 3 aromatic heterocycles. The SMILES string of the molecule is CC1(C)CC(CCCCc2cccc(S(=O)(=O)NC(=O)c3ccc(-n4ccc(OCCC5(C(F)(F)F)CC5)n4)nc3Cl)n2)CN1. The molecule has 0 bridgehead atoms. The van der Waals surface area contributed by atoms with E-state index in [1.165, 1.54) is 35.1 Å². The van der Waals surface area contributed by atoms with E-state index in [2.05, 4.69) is 34.2 Å². The van der Waals surface area contributed by atoms with Gasteiger partial charge in [0.05, 0.1) is 17.6 Å². The lowest BCUT2D eigenvalue weighted by atomic mass is 9.93. The monoisotopic (exact) mass is 668 g/mol. The molecule has 45 heavy (non-hydrogen) atoms. The van der Waals surface area contributed by atoms with E-state index >= 15 is 0 Å². The molecule has 1 unspecified atom stereocenters. The summed E-state index contributed by atoms with van der Waals surface area (Å²) in [6.07, 6.45) is 1.98. The quantitative estimate of drug-likeness (QED) is 0.177. The molecule has 5 rings (SSSR count). The summed E-state index contributed by atoms with van der Waals surface area (Å²) in [5.41, 5.74) is -1.06. The molecule has 15 heteroatoms. The van der Waals surface area contributed by atoms with Gasteiger partial charge in [-0.15, -0.1) is 5.10 Å². The molecule has 1 atom stereocenters. The summed E-state index contributed by atoms with van der Waals surface area (Å²) in [7, 11) is -4.30. The highest BCUT2D eigenvalue weighted by molar-refractivity contribution is 7.90. The number of amides is 1. The largest absolute Gasteiger partial charge is 0.477 e. The Balaban J connectivity index is 1.14. The minimum atomic E-state index is -4.30. The number of aromatic nitrogens is 4. The summed E-state index contributed by atoms with van der Waals surface area (Å²) >= 11 is 6.23. The molecular formula is C30H36ClF3N6O4S. The summed E-state index contributed by atoms with van der Waals surface area (Å²) in [6.45, 7) is 5.27. The van der Waals surface area contributed by atoms with Gasteiger partial charge in [-0.2, -0.15) is 21.6 Å². The van der Waals surface area contributed by atoms with Gasteiger partial charge in [0.25, 0.3) is 15.9 Å². The Hall–Kier alpha value is -3.23. The van der Waals surface area contributed by atoms with Crippen molar-refractivity contribution in [2.75, 3.05) is 13.2 Å². The summed E-state index contributed by atoms with van der Waals surface area (Å²) in [4.78, 5) is 21.3. The maximum Gasteiger partial charge on any atom is 0.394 e. The molecule has 10 nitrogen and oxygen atoms in total. The lowest BCUT2D eigenvalue weighted by Crippen LogP contribution is -2.31. The zero-order chi connectivity index (χ0) is 32.5. The van der Waals surface area contributed by atoms with Crippen LogP contribution < -0.4 is 14.8 Å². The number of hydrogen-bond donors (Lipinski definition) is 2. The smallest absolute Gasteiger partial charge is 0.394 e. The highest BCUT2D eigenvalue weighted by Crippen LogP contribution is 2.59. The van der Waals surface area contributed by atoms with Crippen LogP contribution in [0.5, 0.6) is 5.88 Å². The van der Waals surface area contributed by atoms with E-state index < -0.39 is 27.5 Å². The Bertz CT molecular complexity index is 1640. The van der Waals surface area contributed by atoms with Crippen LogP contribution >= 0.6 is 11.6 Å². The average molecular weight is 669 g/mol. The van der Waals surface area contributed by atoms with Gasteiger partial charge in [-0.1, -0.05) is 24.1 Å². The highest BCUT2D eigenvalue weighted by Gasteiger charge is 2.62. The number of carbonyl (C=O) groups excluding carboxylic acids is 1. The number of halogens is 4. The molecule has 2 N–H and O–H groups in total. The third-order valence-corrected chi connectivity index (χ3v) is 9.93. The molecule has 1 saturated heterocycles. The van der Waals surface area contributed by atoms with Crippen molar-refractivity contribution in [3.05, 3.63) is 59.0 Å². The Morgan fingerprint density at radius 2 is 1.93 bits per heavy atom. The topological polar surface area (TPSA) is 128 Å². The number of unbranched alkanes of at least 4 members (excludes halogenated alkanes) is 1. The van der Waals surface area contributed by atoms with Gasteiger partial charge in [-0.25, -0.2) is 19.4 Å². The normalized spacial score (nSPS) is 18.9. The molecule has 2 aliphatic rings. The molecule has 1 saturated carbocycles. The van der Waals surface area contributed by atoms with Gasteiger partial charge >= 0.3 is 6.18 Å². The van der Waals surface area contributed by atoms with E-state index in [1.807, 2.05) is 4.72 Å². The Labute approximate surface area is 265 Å². The van der Waals surface area contributed by atoms with E-state index in [4.69, 9.17) is 16.3 Å². The maximum absolute atomic E-state index is 13.1. The number of pyridine rings is 2. The van der Waals surface area contributed by atoms with E-state index in [9.17, 15) is 26.4 Å². The molecule has 3 aromatic rings. The van der Waals surface area contributed by atoms with Crippen molar-refractivity contribution in [1.82, 2.24) is 29.8 Å². The van der Waals surface area contributed by atoms with Crippen LogP contribution in [-0.2, 0) is 16.4 Å². The van der Waals surface area contributed by atoms with E-state index in [0.29, 0.717) is 18.0 Å². The predicted molar refractivity (Wildman–Crippen MR) is 161 cm³/mol. The maximum atomic E-state index is 13.1. The van der Waals surface area contributed by atoms with Gasteiger partial charge in [0.2, 0.25) is 5.88 Å². The lowest BCUT2D eigenvalue weighted by Gasteiger charge is -2.18. The second kappa shape index (κ2) is 12.9. The number of nitrogens with zero attached hydrogens (tertiary/aromatic N) is 4. The van der Waals surface area contributed by atoms with Crippen LogP contribution in [0.1, 0.15) is 74.8 Å². The molecule has 1 aliphatic heterocycles. The molecule has 0 aromatic carbocycles. The first-order chi connectivity index (χ1) is 21.2. The molecule has 244 valence electrons. The number of hydrogen-bond acceptors (Lipinski definition) is 8. The second-order valence-electron chi connectivity index (χ2n) is 12.5. The molecule has 0 spiro atoms. The molecule has 1 aliphatic carbocycles. The van der Waals surface area contributed by atoms with Crippen molar-refractivity contribution >= 4 is 27.5 Å². The first-order valence-electron chi connectivity index (χ1n) is 14.9. The van der Waals surface area contributed by atoms with Gasteiger partial charge < -0.3 is 10.1 Å². The molecule has 0 radical (unpaired) electrons.